The number of fused-ring (bicyclic) bond motifs is 1. The zero-order valence-electron chi connectivity index (χ0n) is 6.93. The average molecular weight is 218 g/mol. The summed E-state index contributed by atoms with van der Waals surface area (Å²) in [5, 5.41) is 10.8. The molecule has 72 valence electrons. The number of aliphatic hydroxyl groups excluding tert-OH is 1. The van der Waals surface area contributed by atoms with Gasteiger partial charge in [0.25, 0.3) is 0 Å². The summed E-state index contributed by atoms with van der Waals surface area (Å²) in [6.07, 6.45) is 2.28. The van der Waals surface area contributed by atoms with E-state index in [9.17, 15) is 8.42 Å². The molecule has 2 aliphatic rings. The van der Waals surface area contributed by atoms with Gasteiger partial charge in [0.05, 0.1) is 12.4 Å². The molecule has 3 nitrogen and oxygen atoms in total. The third kappa shape index (κ3) is 1.45. The van der Waals surface area contributed by atoms with Gasteiger partial charge >= 0.3 is 0 Å². The fraction of sp³-hybridized carbons (Fsp3) is 0.500. The van der Waals surface area contributed by atoms with E-state index in [4.69, 9.17) is 5.11 Å². The molecule has 0 bridgehead atoms. The topological polar surface area (TPSA) is 54.4 Å². The maximum absolute atomic E-state index is 11.5. The molecule has 13 heavy (non-hydrogen) atoms. The van der Waals surface area contributed by atoms with Crippen molar-refractivity contribution in [1.82, 2.24) is 0 Å². The molecule has 0 aromatic carbocycles. The smallest absolute Gasteiger partial charge is 0.167 e. The van der Waals surface area contributed by atoms with Crippen LogP contribution in [0.5, 0.6) is 0 Å². The Morgan fingerprint density at radius 2 is 2.38 bits per heavy atom. The number of hydrogen-bond donors (Lipinski definition) is 1. The van der Waals surface area contributed by atoms with Crippen LogP contribution in [-0.4, -0.2) is 30.5 Å². The van der Waals surface area contributed by atoms with E-state index in [-0.39, 0.29) is 12.4 Å². The fourth-order valence-corrected chi connectivity index (χ4v) is 4.88. The van der Waals surface area contributed by atoms with Crippen LogP contribution in [0.25, 0.3) is 0 Å². The highest BCUT2D eigenvalue weighted by Crippen LogP contribution is 2.39. The number of allylic oxidation sites excluding steroid dienone is 1. The quantitative estimate of drug-likeness (QED) is 0.703. The van der Waals surface area contributed by atoms with Crippen LogP contribution in [0.3, 0.4) is 0 Å². The molecule has 0 saturated heterocycles. The number of rotatable bonds is 1. The molecule has 5 heteroatoms. The van der Waals surface area contributed by atoms with Crippen LogP contribution in [0.4, 0.5) is 0 Å². The van der Waals surface area contributed by atoms with E-state index in [1.807, 2.05) is 0 Å². The Hall–Kier alpha value is -0.260. The SMILES string of the molecule is O=S1(=O)CCC(CO)=C2C=CS[C@H]21. The maximum Gasteiger partial charge on any atom is 0.167 e. The van der Waals surface area contributed by atoms with Gasteiger partial charge in [-0.3, -0.25) is 0 Å². The zero-order valence-corrected chi connectivity index (χ0v) is 8.57. The lowest BCUT2D eigenvalue weighted by Crippen LogP contribution is -2.27. The van der Waals surface area contributed by atoms with Crippen molar-refractivity contribution in [3.63, 3.8) is 0 Å². The van der Waals surface area contributed by atoms with Crippen LogP contribution in [-0.2, 0) is 9.84 Å². The van der Waals surface area contributed by atoms with Crippen LogP contribution in [0.15, 0.2) is 22.6 Å². The molecular weight excluding hydrogens is 208 g/mol. The Morgan fingerprint density at radius 1 is 1.62 bits per heavy atom. The number of thioether (sulfide) groups is 1. The minimum absolute atomic E-state index is 0.0216. The van der Waals surface area contributed by atoms with Crippen LogP contribution >= 0.6 is 11.8 Å². The molecule has 0 fully saturated rings. The molecule has 0 spiro atoms. The Kier molecular flexibility index (Phi) is 2.25. The maximum atomic E-state index is 11.5. The van der Waals surface area contributed by atoms with Crippen LogP contribution in [0.2, 0.25) is 0 Å². The lowest BCUT2D eigenvalue weighted by Gasteiger charge is -2.21. The van der Waals surface area contributed by atoms with Gasteiger partial charge in [0.15, 0.2) is 9.84 Å². The molecule has 1 atom stereocenters. The standard InChI is InChI=1S/C8H10O3S2/c9-5-6-2-4-13(10,11)8-7(6)1-3-12-8/h1,3,8-9H,2,4-5H2/t8-/m0/s1. The number of hydrogen-bond acceptors (Lipinski definition) is 4. The van der Waals surface area contributed by atoms with E-state index < -0.39 is 14.4 Å². The highest BCUT2D eigenvalue weighted by Gasteiger charge is 2.36. The van der Waals surface area contributed by atoms with Crippen molar-refractivity contribution in [1.29, 1.82) is 0 Å². The molecule has 0 saturated carbocycles. The predicted molar refractivity (Wildman–Crippen MR) is 53.0 cm³/mol. The third-order valence-electron chi connectivity index (χ3n) is 2.32. The Bertz CT molecular complexity index is 378. The van der Waals surface area contributed by atoms with Crippen molar-refractivity contribution in [3.05, 3.63) is 22.6 Å². The second-order valence-electron chi connectivity index (χ2n) is 3.10. The van der Waals surface area contributed by atoms with Gasteiger partial charge in [-0.25, -0.2) is 8.42 Å². The largest absolute Gasteiger partial charge is 0.392 e. The van der Waals surface area contributed by atoms with Crippen LogP contribution in [0, 0.1) is 0 Å². The molecule has 0 aromatic rings. The zero-order chi connectivity index (χ0) is 9.47. The molecule has 0 unspecified atom stereocenters. The summed E-state index contributed by atoms with van der Waals surface area (Å²) >= 11 is 1.31. The molecule has 0 aliphatic carbocycles. The molecule has 1 N–H and O–H groups in total. The first-order valence-corrected chi connectivity index (χ1v) is 6.67. The normalized spacial score (nSPS) is 30.7. The monoisotopic (exact) mass is 218 g/mol. The Morgan fingerprint density at radius 3 is 3.08 bits per heavy atom. The Labute approximate surface area is 81.4 Å². The van der Waals surface area contributed by atoms with Crippen molar-refractivity contribution < 1.29 is 13.5 Å². The van der Waals surface area contributed by atoms with Gasteiger partial charge in [-0.2, -0.15) is 0 Å². The summed E-state index contributed by atoms with van der Waals surface area (Å²) in [6, 6.07) is 0. The molecular formula is C8H10O3S2. The van der Waals surface area contributed by atoms with Gasteiger partial charge in [-0.1, -0.05) is 6.08 Å². The van der Waals surface area contributed by atoms with E-state index in [0.29, 0.717) is 6.42 Å². The van der Waals surface area contributed by atoms with Gasteiger partial charge in [0.2, 0.25) is 0 Å². The van der Waals surface area contributed by atoms with Crippen molar-refractivity contribution in [2.45, 2.75) is 11.0 Å². The van der Waals surface area contributed by atoms with Crippen LogP contribution in [0.1, 0.15) is 6.42 Å². The Balaban J connectivity index is 2.48. The highest BCUT2D eigenvalue weighted by molar-refractivity contribution is 8.15. The molecule has 0 radical (unpaired) electrons. The lowest BCUT2D eigenvalue weighted by molar-refractivity contribution is 0.326. The summed E-state index contributed by atoms with van der Waals surface area (Å²) in [7, 11) is -2.97. The summed E-state index contributed by atoms with van der Waals surface area (Å²) < 4.78 is 22.7. The minimum Gasteiger partial charge on any atom is -0.392 e. The molecule has 0 aromatic heterocycles. The summed E-state index contributed by atoms with van der Waals surface area (Å²) in [6.45, 7) is -0.0216. The highest BCUT2D eigenvalue weighted by atomic mass is 32.3. The number of sulfone groups is 1. The van der Waals surface area contributed by atoms with E-state index in [1.165, 1.54) is 11.8 Å². The van der Waals surface area contributed by atoms with E-state index in [1.54, 1.807) is 11.5 Å². The first kappa shape index (κ1) is 9.30. The molecule has 2 rings (SSSR count). The molecule has 0 amide bonds. The van der Waals surface area contributed by atoms with Gasteiger partial charge in [0, 0.05) is 0 Å². The molecule has 2 aliphatic heterocycles. The third-order valence-corrected chi connectivity index (χ3v) is 6.00. The van der Waals surface area contributed by atoms with Crippen molar-refractivity contribution in [2.24, 2.45) is 0 Å². The predicted octanol–water partition coefficient (Wildman–Crippen LogP) is 0.680. The second kappa shape index (κ2) is 3.15. The molecule has 2 heterocycles. The fourth-order valence-electron chi connectivity index (χ4n) is 1.59. The minimum atomic E-state index is -2.97. The summed E-state index contributed by atoms with van der Waals surface area (Å²) in [4.78, 5) is 0. The van der Waals surface area contributed by atoms with Crippen molar-refractivity contribution in [3.8, 4) is 0 Å². The first-order chi connectivity index (χ1) is 6.15. The second-order valence-corrected chi connectivity index (χ2v) is 6.62. The van der Waals surface area contributed by atoms with Crippen molar-refractivity contribution in [2.75, 3.05) is 12.4 Å². The van der Waals surface area contributed by atoms with E-state index >= 15 is 0 Å². The van der Waals surface area contributed by atoms with Gasteiger partial charge in [0.1, 0.15) is 4.58 Å². The van der Waals surface area contributed by atoms with Gasteiger partial charge in [-0.15, -0.1) is 11.8 Å². The lowest BCUT2D eigenvalue weighted by atomic mass is 10.1. The van der Waals surface area contributed by atoms with Crippen molar-refractivity contribution >= 4 is 21.6 Å². The summed E-state index contributed by atoms with van der Waals surface area (Å²) in [5.41, 5.74) is 1.68. The van der Waals surface area contributed by atoms with Gasteiger partial charge < -0.3 is 5.11 Å². The first-order valence-electron chi connectivity index (χ1n) is 4.01. The van der Waals surface area contributed by atoms with E-state index in [0.717, 1.165) is 11.1 Å². The number of aliphatic hydroxyl groups is 1. The summed E-state index contributed by atoms with van der Waals surface area (Å²) in [5.74, 6) is 0.172. The van der Waals surface area contributed by atoms with Gasteiger partial charge in [-0.05, 0) is 23.0 Å². The average Bonchev–Trinajstić information content (AvgIpc) is 2.54. The van der Waals surface area contributed by atoms with E-state index in [2.05, 4.69) is 0 Å². The van der Waals surface area contributed by atoms with Crippen LogP contribution < -0.4 is 0 Å².